The number of rotatable bonds is 4. The number of carbonyl (C=O) groups excluding carboxylic acids is 1. The first-order valence-electron chi connectivity index (χ1n) is 13.2. The SMILES string of the molecule is [C-]#[N+]c1ccc(OC2C(C)(C)C(N3Cc4nc(C#CC5CN(C6CNC6)C5)ccc4C3=O)C2(C)C)cc1Cl. The van der Waals surface area contributed by atoms with Crippen LogP contribution >= 0.6 is 11.6 Å². The number of likely N-dealkylation sites (tertiary alicyclic amines) is 1. The van der Waals surface area contributed by atoms with E-state index in [1.165, 1.54) is 0 Å². The van der Waals surface area contributed by atoms with Gasteiger partial charge >= 0.3 is 0 Å². The van der Waals surface area contributed by atoms with E-state index in [9.17, 15) is 4.79 Å². The Hall–Kier alpha value is -3.10. The molecule has 0 atom stereocenters. The van der Waals surface area contributed by atoms with E-state index in [-0.39, 0.29) is 28.9 Å². The average molecular weight is 530 g/mol. The van der Waals surface area contributed by atoms with Gasteiger partial charge in [0.1, 0.15) is 17.5 Å². The molecule has 3 fully saturated rings. The number of hydrogen-bond donors (Lipinski definition) is 1. The van der Waals surface area contributed by atoms with Gasteiger partial charge in [-0.25, -0.2) is 9.83 Å². The Morgan fingerprint density at radius 2 is 1.89 bits per heavy atom. The van der Waals surface area contributed by atoms with Gasteiger partial charge in [-0.3, -0.25) is 9.69 Å². The van der Waals surface area contributed by atoms with Crippen LogP contribution in [0.15, 0.2) is 30.3 Å². The van der Waals surface area contributed by atoms with Gasteiger partial charge in [-0.1, -0.05) is 51.3 Å². The van der Waals surface area contributed by atoms with Crippen molar-refractivity contribution in [2.45, 2.75) is 52.4 Å². The zero-order valence-corrected chi connectivity index (χ0v) is 23.0. The van der Waals surface area contributed by atoms with E-state index >= 15 is 0 Å². The second-order valence-electron chi connectivity index (χ2n) is 12.1. The number of carbonyl (C=O) groups is 1. The highest BCUT2D eigenvalue weighted by Crippen LogP contribution is 2.59. The Bertz CT molecular complexity index is 1390. The Balaban J connectivity index is 1.15. The standard InChI is InChI=1S/C30H32ClN5O2/c1-29(2)27(30(3,4)28(29)38-21-9-11-24(32-5)23(31)12-21)36-17-25-22(26(36)37)10-8-19(34-25)7-6-18-15-35(16-18)20-13-33-14-20/h8-12,18,20,27-28,33H,13-17H2,1-4H3. The van der Waals surface area contributed by atoms with Crippen LogP contribution < -0.4 is 10.1 Å². The van der Waals surface area contributed by atoms with Gasteiger partial charge in [0.15, 0.2) is 0 Å². The van der Waals surface area contributed by atoms with E-state index in [2.05, 4.69) is 54.6 Å². The quantitative estimate of drug-likeness (QED) is 0.470. The van der Waals surface area contributed by atoms with Gasteiger partial charge in [-0.15, -0.1) is 0 Å². The molecule has 0 bridgehead atoms. The summed E-state index contributed by atoms with van der Waals surface area (Å²) < 4.78 is 6.42. The van der Waals surface area contributed by atoms with Crippen molar-refractivity contribution < 1.29 is 9.53 Å². The van der Waals surface area contributed by atoms with Gasteiger partial charge in [0.2, 0.25) is 5.69 Å². The smallest absolute Gasteiger partial charge is 0.256 e. The van der Waals surface area contributed by atoms with Crippen LogP contribution in [0.3, 0.4) is 0 Å². The molecule has 4 aliphatic rings. The van der Waals surface area contributed by atoms with E-state index in [0.717, 1.165) is 37.6 Å². The number of hydrogen-bond acceptors (Lipinski definition) is 5. The van der Waals surface area contributed by atoms with Crippen LogP contribution in [0.2, 0.25) is 5.02 Å². The summed E-state index contributed by atoms with van der Waals surface area (Å²) in [6.07, 6.45) is -0.140. The van der Waals surface area contributed by atoms with Gasteiger partial charge in [0.25, 0.3) is 5.91 Å². The fourth-order valence-corrected chi connectivity index (χ4v) is 7.31. The van der Waals surface area contributed by atoms with Crippen molar-refractivity contribution in [3.8, 4) is 17.6 Å². The third-order valence-electron chi connectivity index (χ3n) is 8.74. The van der Waals surface area contributed by atoms with Gasteiger partial charge in [0.05, 0.1) is 29.4 Å². The first-order valence-corrected chi connectivity index (χ1v) is 13.6. The molecule has 2 aromatic rings. The van der Waals surface area contributed by atoms with Crippen molar-refractivity contribution in [3.63, 3.8) is 0 Å². The maximum Gasteiger partial charge on any atom is 0.256 e. The number of aromatic nitrogens is 1. The number of ether oxygens (including phenoxy) is 1. The molecule has 0 spiro atoms. The fourth-order valence-electron chi connectivity index (χ4n) is 7.10. The molecule has 196 valence electrons. The second kappa shape index (κ2) is 8.99. The maximum atomic E-state index is 13.5. The highest BCUT2D eigenvalue weighted by atomic mass is 35.5. The Kier molecular flexibility index (Phi) is 5.96. The van der Waals surface area contributed by atoms with Crippen molar-refractivity contribution in [1.82, 2.24) is 20.1 Å². The van der Waals surface area contributed by atoms with E-state index in [4.69, 9.17) is 27.9 Å². The summed E-state index contributed by atoms with van der Waals surface area (Å²) in [6, 6.07) is 9.57. The molecule has 8 heteroatoms. The molecular weight excluding hydrogens is 498 g/mol. The van der Waals surface area contributed by atoms with Crippen molar-refractivity contribution in [2.24, 2.45) is 16.7 Å². The molecule has 1 saturated carbocycles. The predicted molar refractivity (Wildman–Crippen MR) is 146 cm³/mol. The third-order valence-corrected chi connectivity index (χ3v) is 9.04. The van der Waals surface area contributed by atoms with Gasteiger partial charge in [-0.2, -0.15) is 0 Å². The molecule has 6 rings (SSSR count). The van der Waals surface area contributed by atoms with Crippen molar-refractivity contribution in [2.75, 3.05) is 26.2 Å². The molecule has 1 aromatic heterocycles. The van der Waals surface area contributed by atoms with Crippen LogP contribution in [0.4, 0.5) is 5.69 Å². The van der Waals surface area contributed by atoms with Crippen LogP contribution in [-0.2, 0) is 6.54 Å². The van der Waals surface area contributed by atoms with Crippen LogP contribution in [0.25, 0.3) is 4.85 Å². The topological polar surface area (TPSA) is 62.1 Å². The number of fused-ring (bicyclic) bond motifs is 1. The lowest BCUT2D eigenvalue weighted by Gasteiger charge is -2.65. The molecule has 7 nitrogen and oxygen atoms in total. The molecule has 0 radical (unpaired) electrons. The summed E-state index contributed by atoms with van der Waals surface area (Å²) in [5.41, 5.74) is 1.99. The highest BCUT2D eigenvalue weighted by molar-refractivity contribution is 6.33. The Morgan fingerprint density at radius 1 is 1.16 bits per heavy atom. The number of benzene rings is 1. The minimum atomic E-state index is -0.305. The summed E-state index contributed by atoms with van der Waals surface area (Å²) in [7, 11) is 0. The molecule has 2 saturated heterocycles. The molecule has 0 unspecified atom stereocenters. The molecule has 4 heterocycles. The zero-order chi connectivity index (χ0) is 26.8. The van der Waals surface area contributed by atoms with Crippen molar-refractivity contribution in [3.05, 3.63) is 63.7 Å². The molecule has 1 aliphatic carbocycles. The monoisotopic (exact) mass is 529 g/mol. The predicted octanol–water partition coefficient (Wildman–Crippen LogP) is 4.38. The largest absolute Gasteiger partial charge is 0.489 e. The summed E-state index contributed by atoms with van der Waals surface area (Å²) in [5.74, 6) is 7.68. The maximum absolute atomic E-state index is 13.5. The summed E-state index contributed by atoms with van der Waals surface area (Å²) in [4.78, 5) is 26.2. The Labute approximate surface area is 229 Å². The number of nitrogens with one attached hydrogen (secondary N) is 1. The zero-order valence-electron chi connectivity index (χ0n) is 22.2. The van der Waals surface area contributed by atoms with Gasteiger partial charge < -0.3 is 15.0 Å². The molecule has 38 heavy (non-hydrogen) atoms. The summed E-state index contributed by atoms with van der Waals surface area (Å²) >= 11 is 6.24. The van der Waals surface area contributed by atoms with E-state index in [1.807, 2.05) is 17.0 Å². The fraction of sp³-hybridized carbons (Fsp3) is 0.500. The molecule has 1 amide bonds. The van der Waals surface area contributed by atoms with Crippen LogP contribution in [0.5, 0.6) is 5.75 Å². The summed E-state index contributed by atoms with van der Waals surface area (Å²) in [6.45, 7) is 20.5. The lowest BCUT2D eigenvalue weighted by atomic mass is 9.49. The second-order valence-corrected chi connectivity index (χ2v) is 12.5. The number of pyridine rings is 1. The molecule has 1 N–H and O–H groups in total. The average Bonchev–Trinajstić information content (AvgIpc) is 3.11. The molecular formula is C30H32ClN5O2. The van der Waals surface area contributed by atoms with Crippen molar-refractivity contribution in [1.29, 1.82) is 0 Å². The minimum absolute atomic E-state index is 0.0183. The number of nitrogens with zero attached hydrogens (tertiary/aromatic N) is 4. The molecule has 1 aromatic carbocycles. The lowest BCUT2D eigenvalue weighted by Crippen LogP contribution is -2.74. The number of halogens is 1. The third kappa shape index (κ3) is 3.96. The van der Waals surface area contributed by atoms with Crippen molar-refractivity contribution >= 4 is 23.2 Å². The minimum Gasteiger partial charge on any atom is -0.489 e. The normalized spacial score (nSPS) is 25.8. The van der Waals surface area contributed by atoms with Crippen LogP contribution in [0, 0.1) is 35.2 Å². The Morgan fingerprint density at radius 3 is 2.53 bits per heavy atom. The lowest BCUT2D eigenvalue weighted by molar-refractivity contribution is -0.199. The van der Waals surface area contributed by atoms with Crippen LogP contribution in [-0.4, -0.2) is 65.1 Å². The highest BCUT2D eigenvalue weighted by Gasteiger charge is 2.67. The first kappa shape index (κ1) is 25.2. The summed E-state index contributed by atoms with van der Waals surface area (Å²) in [5, 5.41) is 3.70. The van der Waals surface area contributed by atoms with E-state index < -0.39 is 0 Å². The van der Waals surface area contributed by atoms with E-state index in [0.29, 0.717) is 40.5 Å². The van der Waals surface area contributed by atoms with E-state index in [1.54, 1.807) is 18.2 Å². The van der Waals surface area contributed by atoms with Gasteiger partial charge in [-0.05, 0) is 30.2 Å². The molecule has 3 aliphatic heterocycles. The first-order chi connectivity index (χ1) is 18.1. The van der Waals surface area contributed by atoms with Gasteiger partial charge in [0, 0.05) is 55.0 Å². The number of amides is 1. The van der Waals surface area contributed by atoms with Crippen LogP contribution in [0.1, 0.15) is 49.4 Å².